The van der Waals surface area contributed by atoms with E-state index < -0.39 is 0 Å². The average molecular weight is 358 g/mol. The number of carbonyl (C=O) groups is 1. The highest BCUT2D eigenvalue weighted by atomic mass is 16.2. The van der Waals surface area contributed by atoms with Gasteiger partial charge in [-0.1, -0.05) is 72.0 Å². The van der Waals surface area contributed by atoms with Crippen molar-refractivity contribution in [1.82, 2.24) is 19.9 Å². The number of aromatic nitrogens is 3. The molecule has 0 fully saturated rings. The van der Waals surface area contributed by atoms with E-state index in [0.29, 0.717) is 25.9 Å². The SMILES string of the molecule is C=CCc1nnn2c1CN(Cc1ccccc1)C(=O)[C@@H]2Cc1ccccc1. The number of fused-ring (bicyclic) bond motifs is 1. The van der Waals surface area contributed by atoms with E-state index in [1.165, 1.54) is 0 Å². The molecule has 0 radical (unpaired) electrons. The number of benzene rings is 2. The molecule has 0 saturated heterocycles. The first-order valence-electron chi connectivity index (χ1n) is 9.16. The van der Waals surface area contributed by atoms with Crippen LogP contribution in [0.25, 0.3) is 0 Å². The molecule has 1 aromatic heterocycles. The molecule has 0 aliphatic carbocycles. The van der Waals surface area contributed by atoms with Gasteiger partial charge in [-0.2, -0.15) is 0 Å². The lowest BCUT2D eigenvalue weighted by Crippen LogP contribution is -2.43. The molecule has 27 heavy (non-hydrogen) atoms. The molecule has 0 bridgehead atoms. The fourth-order valence-corrected chi connectivity index (χ4v) is 3.58. The Kier molecular flexibility index (Phi) is 4.83. The van der Waals surface area contributed by atoms with Gasteiger partial charge in [0, 0.05) is 19.4 Å². The Bertz CT molecular complexity index is 933. The molecular weight excluding hydrogens is 336 g/mol. The lowest BCUT2D eigenvalue weighted by molar-refractivity contribution is -0.138. The molecule has 2 aromatic carbocycles. The summed E-state index contributed by atoms with van der Waals surface area (Å²) in [6.07, 6.45) is 3.09. The highest BCUT2D eigenvalue weighted by Crippen LogP contribution is 2.28. The fourth-order valence-electron chi connectivity index (χ4n) is 3.58. The summed E-state index contributed by atoms with van der Waals surface area (Å²) in [5.41, 5.74) is 4.14. The van der Waals surface area contributed by atoms with Crippen molar-refractivity contribution in [1.29, 1.82) is 0 Å². The van der Waals surface area contributed by atoms with E-state index in [1.54, 1.807) is 0 Å². The second-order valence-electron chi connectivity index (χ2n) is 6.81. The van der Waals surface area contributed by atoms with Gasteiger partial charge < -0.3 is 4.90 Å². The average Bonchev–Trinajstić information content (AvgIpc) is 3.09. The summed E-state index contributed by atoms with van der Waals surface area (Å²) in [6.45, 7) is 4.93. The normalized spacial score (nSPS) is 16.2. The van der Waals surface area contributed by atoms with Gasteiger partial charge in [0.1, 0.15) is 6.04 Å². The molecule has 1 amide bonds. The van der Waals surface area contributed by atoms with Crippen LogP contribution in [-0.4, -0.2) is 25.8 Å². The third-order valence-corrected chi connectivity index (χ3v) is 4.93. The van der Waals surface area contributed by atoms with Crippen LogP contribution in [0.15, 0.2) is 73.3 Å². The molecule has 0 unspecified atom stereocenters. The van der Waals surface area contributed by atoms with Crippen molar-refractivity contribution in [2.45, 2.75) is 32.0 Å². The predicted molar refractivity (Wildman–Crippen MR) is 104 cm³/mol. The lowest BCUT2D eigenvalue weighted by Gasteiger charge is -2.33. The minimum Gasteiger partial charge on any atom is -0.331 e. The van der Waals surface area contributed by atoms with Crippen molar-refractivity contribution < 1.29 is 4.79 Å². The number of hydrogen-bond acceptors (Lipinski definition) is 3. The minimum absolute atomic E-state index is 0.0882. The van der Waals surface area contributed by atoms with E-state index in [-0.39, 0.29) is 11.9 Å². The summed E-state index contributed by atoms with van der Waals surface area (Å²) in [4.78, 5) is 15.2. The van der Waals surface area contributed by atoms with Gasteiger partial charge >= 0.3 is 0 Å². The van der Waals surface area contributed by atoms with Crippen LogP contribution in [0.4, 0.5) is 0 Å². The number of carbonyl (C=O) groups excluding carboxylic acids is 1. The highest BCUT2D eigenvalue weighted by molar-refractivity contribution is 5.81. The Hall–Kier alpha value is -3.21. The molecule has 2 heterocycles. The van der Waals surface area contributed by atoms with Gasteiger partial charge in [-0.15, -0.1) is 11.7 Å². The van der Waals surface area contributed by atoms with Gasteiger partial charge in [0.15, 0.2) is 0 Å². The molecule has 0 N–H and O–H groups in total. The summed E-state index contributed by atoms with van der Waals surface area (Å²) >= 11 is 0. The summed E-state index contributed by atoms with van der Waals surface area (Å²) in [7, 11) is 0. The number of nitrogens with zero attached hydrogens (tertiary/aromatic N) is 4. The molecule has 3 aromatic rings. The second kappa shape index (κ2) is 7.58. The van der Waals surface area contributed by atoms with Gasteiger partial charge in [0.05, 0.1) is 17.9 Å². The van der Waals surface area contributed by atoms with Crippen LogP contribution in [0.2, 0.25) is 0 Å². The smallest absolute Gasteiger partial charge is 0.248 e. The summed E-state index contributed by atoms with van der Waals surface area (Å²) in [5, 5.41) is 8.63. The topological polar surface area (TPSA) is 51.0 Å². The van der Waals surface area contributed by atoms with Crippen LogP contribution >= 0.6 is 0 Å². The zero-order valence-electron chi connectivity index (χ0n) is 15.2. The largest absolute Gasteiger partial charge is 0.331 e. The van der Waals surface area contributed by atoms with Gasteiger partial charge in [0.25, 0.3) is 0 Å². The molecular formula is C22H22N4O. The predicted octanol–water partition coefficient (Wildman–Crippen LogP) is 3.33. The maximum absolute atomic E-state index is 13.3. The number of allylic oxidation sites excluding steroid dienone is 1. The number of hydrogen-bond donors (Lipinski definition) is 0. The lowest BCUT2D eigenvalue weighted by atomic mass is 10.0. The Balaban J connectivity index is 1.68. The molecule has 1 aliphatic rings. The van der Waals surface area contributed by atoms with Crippen molar-refractivity contribution in [3.8, 4) is 0 Å². The maximum atomic E-state index is 13.3. The fraction of sp³-hybridized carbons (Fsp3) is 0.227. The van der Waals surface area contributed by atoms with Crippen molar-refractivity contribution in [3.63, 3.8) is 0 Å². The van der Waals surface area contributed by atoms with E-state index in [0.717, 1.165) is 22.5 Å². The van der Waals surface area contributed by atoms with Crippen molar-refractivity contribution in [2.75, 3.05) is 0 Å². The first-order chi connectivity index (χ1) is 13.3. The van der Waals surface area contributed by atoms with Crippen LogP contribution in [0.3, 0.4) is 0 Å². The Morgan fingerprint density at radius 1 is 1.04 bits per heavy atom. The molecule has 136 valence electrons. The van der Waals surface area contributed by atoms with Gasteiger partial charge in [-0.05, 0) is 11.1 Å². The molecule has 0 saturated carbocycles. The maximum Gasteiger partial charge on any atom is 0.248 e. The molecule has 5 nitrogen and oxygen atoms in total. The molecule has 1 atom stereocenters. The van der Waals surface area contributed by atoms with Gasteiger partial charge in [-0.3, -0.25) is 4.79 Å². The summed E-state index contributed by atoms with van der Waals surface area (Å²) in [6, 6.07) is 19.8. The molecule has 0 spiro atoms. The molecule has 4 rings (SSSR count). The first-order valence-corrected chi connectivity index (χ1v) is 9.16. The molecule has 1 aliphatic heterocycles. The Morgan fingerprint density at radius 2 is 1.70 bits per heavy atom. The van der Waals surface area contributed by atoms with Crippen molar-refractivity contribution in [2.24, 2.45) is 0 Å². The highest BCUT2D eigenvalue weighted by Gasteiger charge is 2.35. The van der Waals surface area contributed by atoms with Crippen LogP contribution in [0.1, 0.15) is 28.6 Å². The zero-order chi connectivity index (χ0) is 18.6. The Morgan fingerprint density at radius 3 is 2.37 bits per heavy atom. The van der Waals surface area contributed by atoms with Crippen LogP contribution < -0.4 is 0 Å². The number of amides is 1. The van der Waals surface area contributed by atoms with E-state index in [1.807, 2.05) is 76.3 Å². The number of rotatable bonds is 6. The summed E-state index contributed by atoms with van der Waals surface area (Å²) < 4.78 is 1.82. The third kappa shape index (κ3) is 3.53. The first kappa shape index (κ1) is 17.2. The van der Waals surface area contributed by atoms with E-state index in [4.69, 9.17) is 0 Å². The quantitative estimate of drug-likeness (QED) is 0.635. The van der Waals surface area contributed by atoms with Gasteiger partial charge in [-0.25, -0.2) is 4.68 Å². The Labute approximate surface area is 158 Å². The standard InChI is InChI=1S/C22H22N4O/c1-2-9-19-21-16-25(15-18-12-7-4-8-13-18)22(27)20(26(21)24-23-19)14-17-10-5-3-6-11-17/h2-8,10-13,20H,1,9,14-16H2/t20-/m0/s1. The van der Waals surface area contributed by atoms with Crippen LogP contribution in [0, 0.1) is 0 Å². The minimum atomic E-state index is -0.370. The van der Waals surface area contributed by atoms with Crippen molar-refractivity contribution in [3.05, 3.63) is 95.8 Å². The van der Waals surface area contributed by atoms with E-state index >= 15 is 0 Å². The van der Waals surface area contributed by atoms with E-state index in [9.17, 15) is 4.79 Å². The van der Waals surface area contributed by atoms with Crippen LogP contribution in [-0.2, 0) is 30.7 Å². The second-order valence-corrected chi connectivity index (χ2v) is 6.81. The molecule has 5 heteroatoms. The third-order valence-electron chi connectivity index (χ3n) is 4.93. The monoisotopic (exact) mass is 358 g/mol. The van der Waals surface area contributed by atoms with E-state index in [2.05, 4.69) is 16.9 Å². The van der Waals surface area contributed by atoms with Gasteiger partial charge in [0.2, 0.25) is 5.91 Å². The van der Waals surface area contributed by atoms with Crippen LogP contribution in [0.5, 0.6) is 0 Å². The zero-order valence-corrected chi connectivity index (χ0v) is 15.2. The van der Waals surface area contributed by atoms with Crippen molar-refractivity contribution >= 4 is 5.91 Å². The summed E-state index contributed by atoms with van der Waals surface area (Å²) in [5.74, 6) is 0.0882.